The van der Waals surface area contributed by atoms with Crippen molar-refractivity contribution in [1.82, 2.24) is 72.9 Å². The number of H-pyrrole nitrogens is 2. The maximum Gasteiger partial charge on any atom is 0.305 e. The second-order valence-corrected chi connectivity index (χ2v) is 32.7. The summed E-state index contributed by atoms with van der Waals surface area (Å²) in [6.45, 7) is 9.38. The number of aromatic nitrogens is 2. The van der Waals surface area contributed by atoms with Gasteiger partial charge in [-0.25, -0.2) is 0 Å². The van der Waals surface area contributed by atoms with Crippen LogP contribution in [0.3, 0.4) is 0 Å². The molecule has 0 spiro atoms. The van der Waals surface area contributed by atoms with Gasteiger partial charge in [0, 0.05) is 124 Å². The molecular weight excluding hydrogens is 1530 g/mol. The molecule has 34 nitrogen and oxygen atoms in total. The first-order valence-corrected chi connectivity index (χ1v) is 40.7. The van der Waals surface area contributed by atoms with Gasteiger partial charge in [0.15, 0.2) is 11.6 Å². The summed E-state index contributed by atoms with van der Waals surface area (Å²) in [5, 5.41) is 49.0. The average molecular weight is 1640 g/mol. The molecule has 8 rings (SSSR count). The Labute approximate surface area is 671 Å². The summed E-state index contributed by atoms with van der Waals surface area (Å²) < 4.78 is 0. The summed E-state index contributed by atoms with van der Waals surface area (Å²) in [6.07, 6.45) is -0.614. The lowest BCUT2D eigenvalue weighted by Crippen LogP contribution is -2.61. The summed E-state index contributed by atoms with van der Waals surface area (Å²) >= 11 is 3.11. The third-order valence-electron chi connectivity index (χ3n) is 19.9. The van der Waals surface area contributed by atoms with E-state index in [1.807, 2.05) is 0 Å². The maximum atomic E-state index is 15.4. The molecule has 18 N–H and O–H groups in total. The molecule has 1 fully saturated rings. The van der Waals surface area contributed by atoms with Crippen LogP contribution in [0.2, 0.25) is 0 Å². The number of nitrogens with one attached hydrogen (secondary N) is 12. The number of para-hydroxylation sites is 2. The van der Waals surface area contributed by atoms with Crippen molar-refractivity contribution in [3.8, 4) is 0 Å². The van der Waals surface area contributed by atoms with Crippen LogP contribution in [0.1, 0.15) is 105 Å². The summed E-state index contributed by atoms with van der Waals surface area (Å²) in [6, 6.07) is 4.21. The smallest absolute Gasteiger partial charge is 0.305 e. The van der Waals surface area contributed by atoms with Gasteiger partial charge in [0.25, 0.3) is 0 Å². The van der Waals surface area contributed by atoms with Crippen LogP contribution in [0.4, 0.5) is 0 Å². The van der Waals surface area contributed by atoms with E-state index in [2.05, 4.69) is 63.1 Å². The van der Waals surface area contributed by atoms with Crippen LogP contribution >= 0.6 is 35.3 Å². The van der Waals surface area contributed by atoms with Gasteiger partial charge in [0.1, 0.15) is 54.4 Å². The van der Waals surface area contributed by atoms with Crippen molar-refractivity contribution in [2.45, 2.75) is 187 Å². The van der Waals surface area contributed by atoms with Crippen LogP contribution in [-0.2, 0) is 89.6 Å². The number of aliphatic hydroxyl groups excluding tert-OH is 1. The maximum absolute atomic E-state index is 15.4. The van der Waals surface area contributed by atoms with Crippen molar-refractivity contribution in [3.63, 3.8) is 0 Å². The number of nitrogens with two attached hydrogens (primary N) is 2. The minimum Gasteiger partial charge on any atom is -0.481 e. The molecule has 2 aromatic heterocycles. The topological polar surface area (TPSA) is 524 Å². The lowest BCUT2D eigenvalue weighted by atomic mass is 9.92. The number of likely N-dealkylation sites (N-methyl/N-ethyl adjacent to an activating group) is 1. The molecule has 616 valence electrons. The number of ketones is 2. The number of hydrogen-bond donors (Lipinski definition) is 16. The number of carboxylic acids is 1. The first-order valence-electron chi connectivity index (χ1n) is 37.7. The summed E-state index contributed by atoms with van der Waals surface area (Å²) in [5.41, 5.74) is 14.0. The number of fused-ring (bicyclic) bond motifs is 7. The minimum atomic E-state index is -1.90. The SMILES string of the molecule is CC[C@@H]1CC(=O)[C@H]([C@@H](C)O)NC(=O)[C@@H](CC(=O)[C@H](C)NC(=O)CN(C)C(=O)CCN)CSc2cc3cc(c2)SC[C@H](NC1=O)C(=O)N[C@@H](Cc1c[nH]c2ccccc12)C(=O)N[C@@H](C(C)C)C(=O)N[C@@H](CC(=O)O)C(=O)NCC(=O)N[C@@H](Cc1c[nH]c2ccccc12)C(=O)N[C@@H](C(C)C)C(=O)N1CCC[C@H]1C(=O)N[C@H](C(N)=O)CS3. The fourth-order valence-electron chi connectivity index (χ4n) is 13.4. The first-order chi connectivity index (χ1) is 54.1. The molecule has 0 aliphatic carbocycles. The Hall–Kier alpha value is -10.4. The van der Waals surface area contributed by atoms with Crippen LogP contribution in [0.25, 0.3) is 21.8 Å². The van der Waals surface area contributed by atoms with Gasteiger partial charge < -0.3 is 94.6 Å². The van der Waals surface area contributed by atoms with Crippen molar-refractivity contribution in [1.29, 1.82) is 0 Å². The number of aromatic amines is 2. The first kappa shape index (κ1) is 89.2. The fourth-order valence-corrected chi connectivity index (χ4v) is 16.8. The third-order valence-corrected chi connectivity index (χ3v) is 23.2. The molecular formula is C77H102N16O18S3. The van der Waals surface area contributed by atoms with Crippen LogP contribution in [0.5, 0.6) is 0 Å². The molecule has 1 saturated heterocycles. The van der Waals surface area contributed by atoms with Gasteiger partial charge in [-0.2, -0.15) is 0 Å². The second kappa shape index (κ2) is 41.6. The van der Waals surface area contributed by atoms with Crippen molar-refractivity contribution in [3.05, 3.63) is 90.3 Å². The zero-order valence-corrected chi connectivity index (χ0v) is 67.1. The number of carbonyl (C=O) groups is 16. The largest absolute Gasteiger partial charge is 0.481 e. The average Bonchev–Trinajstić information content (AvgIpc) is 1.64. The van der Waals surface area contributed by atoms with Crippen LogP contribution in [0.15, 0.2) is 93.8 Å². The number of hydrogen-bond acceptors (Lipinski definition) is 21. The van der Waals surface area contributed by atoms with E-state index >= 15 is 9.59 Å². The van der Waals surface area contributed by atoms with Crippen LogP contribution in [0, 0.1) is 23.7 Å². The molecule has 5 heterocycles. The van der Waals surface area contributed by atoms with E-state index in [0.717, 1.165) is 40.2 Å². The Bertz CT molecular complexity index is 4420. The molecule has 3 aliphatic heterocycles. The van der Waals surface area contributed by atoms with Crippen molar-refractivity contribution < 1.29 is 86.9 Å². The standard InChI is InChI=1S/C77H102N16O18S3/c1-9-42-25-60(96)67(41(7)94)91-70(104)45(26-59(95)40(6)83-62(98)34-92(8)63(99)20-21-78)35-112-46-27-47-29-48(28-46)114-37-57(88-69(42)103)74(108)85-54(24-44-32-81-52-18-13-11-16-50(44)52)73(107)89-65(38(2)3)76(110)86-55(30-64(100)101)71(105)82-33-61(97)84-53(23-43-31-80-51-17-12-10-15-49(43)51)72(106)90-66(39(4)5)77(111)93-22-14-19-58(93)75(109)87-56(36-113-47)68(79)102/h10-13,15-18,27-29,31-32,38-42,45,53-58,65-67,80-81,94H,9,14,19-26,30,33-37,78H2,1-8H3,(H2,79,102)(H,82,105)(H,83,98)(H,84,97)(H,85,108)(H,86,110)(H,87,109)(H,88,103)(H,89,107)(H,90,106)(H,91,104)(H,100,101)/t40-,41+,42+,45-,53-,54-,55-,56-,57-,58-,65-,66-,67-/m0/s1. The molecule has 5 aromatic rings. The predicted molar refractivity (Wildman–Crippen MR) is 424 cm³/mol. The zero-order valence-electron chi connectivity index (χ0n) is 64.7. The molecule has 0 saturated carbocycles. The summed E-state index contributed by atoms with van der Waals surface area (Å²) in [5.74, 6) is -19.0. The Kier molecular flexibility index (Phi) is 32.5. The van der Waals surface area contributed by atoms with E-state index in [0.29, 0.717) is 54.0 Å². The van der Waals surface area contributed by atoms with E-state index in [-0.39, 0.29) is 62.5 Å². The molecule has 0 radical (unpaired) electrons. The number of carboxylic acid groups (broad SMARTS) is 1. The lowest BCUT2D eigenvalue weighted by molar-refractivity contribution is -0.143. The van der Waals surface area contributed by atoms with Crippen molar-refractivity contribution in [2.24, 2.45) is 35.1 Å². The van der Waals surface area contributed by atoms with Gasteiger partial charge in [-0.3, -0.25) is 76.7 Å². The molecule has 3 aromatic carbocycles. The van der Waals surface area contributed by atoms with Gasteiger partial charge in [0.05, 0.1) is 37.6 Å². The highest BCUT2D eigenvalue weighted by molar-refractivity contribution is 8.00. The Morgan fingerprint density at radius 2 is 1.16 bits per heavy atom. The molecule has 114 heavy (non-hydrogen) atoms. The fraction of sp³-hybridized carbons (Fsp3) is 0.506. The van der Waals surface area contributed by atoms with E-state index in [1.165, 1.54) is 25.8 Å². The number of carbonyl (C=O) groups excluding carboxylic acids is 15. The molecule has 37 heteroatoms. The number of thioether (sulfide) groups is 3. The summed E-state index contributed by atoms with van der Waals surface area (Å²) in [7, 11) is 1.39. The number of rotatable bonds is 19. The van der Waals surface area contributed by atoms with Gasteiger partial charge in [0.2, 0.25) is 76.8 Å². The van der Waals surface area contributed by atoms with E-state index in [9.17, 15) is 77.3 Å². The molecule has 13 atom stereocenters. The number of amides is 13. The minimum absolute atomic E-state index is 0.0313. The Balaban J connectivity index is 1.21. The van der Waals surface area contributed by atoms with Crippen LogP contribution < -0.4 is 64.6 Å². The number of aliphatic hydroxyl groups is 1. The third kappa shape index (κ3) is 24.6. The van der Waals surface area contributed by atoms with Gasteiger partial charge in [-0.05, 0) is 86.4 Å². The number of benzene rings is 3. The second-order valence-electron chi connectivity index (χ2n) is 29.4. The molecule has 3 aliphatic rings. The van der Waals surface area contributed by atoms with E-state index in [1.54, 1.807) is 114 Å². The number of nitrogens with zero attached hydrogens (tertiary/aromatic N) is 2. The zero-order chi connectivity index (χ0) is 83.4. The Morgan fingerprint density at radius 1 is 0.614 bits per heavy atom. The number of aliphatic carboxylic acids is 1. The molecule has 4 bridgehead atoms. The highest BCUT2D eigenvalue weighted by Crippen LogP contribution is 2.35. The van der Waals surface area contributed by atoms with Crippen molar-refractivity contribution >= 4 is 151 Å². The van der Waals surface area contributed by atoms with Gasteiger partial charge >= 0.3 is 5.97 Å². The Morgan fingerprint density at radius 3 is 1.72 bits per heavy atom. The van der Waals surface area contributed by atoms with Gasteiger partial charge in [-0.1, -0.05) is 71.0 Å². The predicted octanol–water partition coefficient (Wildman–Crippen LogP) is -0.0508. The van der Waals surface area contributed by atoms with Crippen LogP contribution in [-0.4, -0.2) is 241 Å². The monoisotopic (exact) mass is 1630 g/mol. The number of primary amides is 1. The van der Waals surface area contributed by atoms with Gasteiger partial charge in [-0.15, -0.1) is 35.3 Å². The normalized spacial score (nSPS) is 24.1. The lowest BCUT2D eigenvalue weighted by Gasteiger charge is -2.32. The number of Topliss-reactive ketones (excluding diaryl/α,β-unsaturated/α-hetero) is 2. The van der Waals surface area contributed by atoms with E-state index < -0.39 is 217 Å². The highest BCUT2D eigenvalue weighted by atomic mass is 32.2. The molecule has 0 unspecified atom stereocenters. The molecule has 13 amide bonds. The van der Waals surface area contributed by atoms with Crippen molar-refractivity contribution in [2.75, 3.05) is 50.5 Å². The summed E-state index contributed by atoms with van der Waals surface area (Å²) in [4.78, 5) is 238. The quantitative estimate of drug-likeness (QED) is 0.0515. The van der Waals surface area contributed by atoms with E-state index in [4.69, 9.17) is 11.5 Å². The highest BCUT2D eigenvalue weighted by Gasteiger charge is 2.42.